The number of nitro groups is 1. The first-order valence-corrected chi connectivity index (χ1v) is 7.00. The second-order valence-corrected chi connectivity index (χ2v) is 4.79. The van der Waals surface area contributed by atoms with Gasteiger partial charge in [-0.05, 0) is 18.2 Å². The maximum atomic E-state index is 11.8. The molecule has 0 atom stereocenters. The molecule has 2 aromatic carbocycles. The highest BCUT2D eigenvalue weighted by molar-refractivity contribution is 5.77. The SMILES string of the molecule is COc1ccccc1OCC(=O)NCc1cc([N+](=O)[O-])ccc1O. The predicted octanol–water partition coefficient (Wildman–Crippen LogP) is 2.00. The van der Waals surface area contributed by atoms with E-state index in [-0.39, 0.29) is 30.2 Å². The highest BCUT2D eigenvalue weighted by Crippen LogP contribution is 2.25. The van der Waals surface area contributed by atoms with Crippen molar-refractivity contribution in [1.29, 1.82) is 0 Å². The quantitative estimate of drug-likeness (QED) is 0.592. The Labute approximate surface area is 137 Å². The first-order chi connectivity index (χ1) is 11.5. The van der Waals surface area contributed by atoms with Crippen LogP contribution in [0.2, 0.25) is 0 Å². The fraction of sp³-hybridized carbons (Fsp3) is 0.188. The van der Waals surface area contributed by atoms with Crippen LogP contribution in [0.25, 0.3) is 0 Å². The fourth-order valence-electron chi connectivity index (χ4n) is 1.95. The van der Waals surface area contributed by atoms with Crippen molar-refractivity contribution in [2.45, 2.75) is 6.54 Å². The monoisotopic (exact) mass is 332 g/mol. The number of nitro benzene ring substituents is 1. The first-order valence-electron chi connectivity index (χ1n) is 7.00. The molecule has 24 heavy (non-hydrogen) atoms. The van der Waals surface area contributed by atoms with Gasteiger partial charge in [-0.3, -0.25) is 14.9 Å². The average molecular weight is 332 g/mol. The van der Waals surface area contributed by atoms with Gasteiger partial charge < -0.3 is 19.9 Å². The summed E-state index contributed by atoms with van der Waals surface area (Å²) >= 11 is 0. The van der Waals surface area contributed by atoms with Crippen LogP contribution in [0, 0.1) is 10.1 Å². The number of phenols is 1. The van der Waals surface area contributed by atoms with Crippen LogP contribution in [0.15, 0.2) is 42.5 Å². The van der Waals surface area contributed by atoms with E-state index in [4.69, 9.17) is 9.47 Å². The molecule has 0 heterocycles. The molecular formula is C16H16N2O6. The van der Waals surface area contributed by atoms with E-state index in [1.54, 1.807) is 24.3 Å². The molecule has 126 valence electrons. The first kappa shape index (κ1) is 17.1. The van der Waals surface area contributed by atoms with Crippen LogP contribution in [0.1, 0.15) is 5.56 Å². The van der Waals surface area contributed by atoms with Gasteiger partial charge in [0.1, 0.15) is 5.75 Å². The van der Waals surface area contributed by atoms with Crippen LogP contribution in [-0.4, -0.2) is 29.7 Å². The summed E-state index contributed by atoms with van der Waals surface area (Å²) in [5, 5.41) is 22.9. The summed E-state index contributed by atoms with van der Waals surface area (Å²) < 4.78 is 10.5. The van der Waals surface area contributed by atoms with Gasteiger partial charge in [0, 0.05) is 24.2 Å². The Kier molecular flexibility index (Phi) is 5.56. The van der Waals surface area contributed by atoms with Crippen molar-refractivity contribution >= 4 is 11.6 Å². The summed E-state index contributed by atoms with van der Waals surface area (Å²) in [6.45, 7) is -0.308. The summed E-state index contributed by atoms with van der Waals surface area (Å²) in [7, 11) is 1.49. The van der Waals surface area contributed by atoms with Crippen molar-refractivity contribution in [3.8, 4) is 17.2 Å². The van der Waals surface area contributed by atoms with Crippen LogP contribution in [0.5, 0.6) is 17.2 Å². The Morgan fingerprint density at radius 2 is 1.96 bits per heavy atom. The zero-order chi connectivity index (χ0) is 17.5. The topological polar surface area (TPSA) is 111 Å². The van der Waals surface area contributed by atoms with Crippen molar-refractivity contribution in [2.75, 3.05) is 13.7 Å². The van der Waals surface area contributed by atoms with Gasteiger partial charge in [-0.1, -0.05) is 12.1 Å². The summed E-state index contributed by atoms with van der Waals surface area (Å²) in [5.74, 6) is 0.355. The van der Waals surface area contributed by atoms with Gasteiger partial charge in [0.05, 0.1) is 12.0 Å². The third kappa shape index (κ3) is 4.35. The molecule has 0 spiro atoms. The van der Waals surface area contributed by atoms with Gasteiger partial charge in [0.2, 0.25) is 0 Å². The Morgan fingerprint density at radius 1 is 1.25 bits per heavy atom. The molecule has 0 saturated heterocycles. The van der Waals surface area contributed by atoms with Crippen molar-refractivity contribution in [3.05, 3.63) is 58.1 Å². The normalized spacial score (nSPS) is 10.0. The molecule has 2 aromatic rings. The number of non-ortho nitro benzene ring substituents is 1. The zero-order valence-electron chi connectivity index (χ0n) is 12.9. The van der Waals surface area contributed by atoms with Gasteiger partial charge in [-0.15, -0.1) is 0 Å². The molecule has 0 aliphatic rings. The van der Waals surface area contributed by atoms with Crippen LogP contribution in [0.4, 0.5) is 5.69 Å². The standard InChI is InChI=1S/C16H16N2O6/c1-23-14-4-2-3-5-15(14)24-10-16(20)17-9-11-8-12(18(21)22)6-7-13(11)19/h2-8,19H,9-10H2,1H3,(H,17,20). The number of hydrogen-bond donors (Lipinski definition) is 2. The third-order valence-corrected chi connectivity index (χ3v) is 3.18. The van der Waals surface area contributed by atoms with E-state index >= 15 is 0 Å². The number of para-hydroxylation sites is 2. The molecule has 0 aromatic heterocycles. The van der Waals surface area contributed by atoms with Gasteiger partial charge >= 0.3 is 0 Å². The molecule has 0 aliphatic heterocycles. The number of amides is 1. The maximum absolute atomic E-state index is 11.8. The average Bonchev–Trinajstić information content (AvgIpc) is 2.59. The number of rotatable bonds is 7. The summed E-state index contributed by atoms with van der Waals surface area (Å²) in [4.78, 5) is 22.0. The van der Waals surface area contributed by atoms with Crippen LogP contribution in [0.3, 0.4) is 0 Å². The zero-order valence-corrected chi connectivity index (χ0v) is 12.9. The molecule has 2 rings (SSSR count). The number of carbonyl (C=O) groups is 1. The molecule has 0 radical (unpaired) electrons. The highest BCUT2D eigenvalue weighted by Gasteiger charge is 2.12. The minimum absolute atomic E-state index is 0.0539. The molecule has 8 nitrogen and oxygen atoms in total. The van der Waals surface area contributed by atoms with E-state index in [0.29, 0.717) is 11.5 Å². The summed E-state index contributed by atoms with van der Waals surface area (Å²) in [5.41, 5.74) is 0.0807. The lowest BCUT2D eigenvalue weighted by molar-refractivity contribution is -0.384. The lowest BCUT2D eigenvalue weighted by Gasteiger charge is -2.11. The number of phenolic OH excluding ortho intramolecular Hbond substituents is 1. The number of carbonyl (C=O) groups excluding carboxylic acids is 1. The molecule has 0 fully saturated rings. The lowest BCUT2D eigenvalue weighted by Crippen LogP contribution is -2.28. The second-order valence-electron chi connectivity index (χ2n) is 4.79. The minimum Gasteiger partial charge on any atom is -0.508 e. The molecular weight excluding hydrogens is 316 g/mol. The van der Waals surface area contributed by atoms with E-state index in [2.05, 4.69) is 5.32 Å². The van der Waals surface area contributed by atoms with Crippen molar-refractivity contribution in [3.63, 3.8) is 0 Å². The third-order valence-electron chi connectivity index (χ3n) is 3.18. The lowest BCUT2D eigenvalue weighted by atomic mass is 10.2. The molecule has 0 aliphatic carbocycles. The largest absolute Gasteiger partial charge is 0.508 e. The van der Waals surface area contributed by atoms with E-state index in [1.807, 2.05) is 0 Å². The van der Waals surface area contributed by atoms with Crippen molar-refractivity contribution in [2.24, 2.45) is 0 Å². The Morgan fingerprint density at radius 3 is 2.62 bits per heavy atom. The van der Waals surface area contributed by atoms with E-state index in [0.717, 1.165) is 0 Å². The van der Waals surface area contributed by atoms with Crippen molar-refractivity contribution < 1.29 is 24.3 Å². The summed E-state index contributed by atoms with van der Waals surface area (Å²) in [6, 6.07) is 10.5. The van der Waals surface area contributed by atoms with Gasteiger partial charge in [0.25, 0.3) is 11.6 Å². The molecule has 0 unspecified atom stereocenters. The number of hydrogen-bond acceptors (Lipinski definition) is 6. The Hall–Kier alpha value is -3.29. The van der Waals surface area contributed by atoms with Crippen LogP contribution in [-0.2, 0) is 11.3 Å². The highest BCUT2D eigenvalue weighted by atomic mass is 16.6. The molecule has 0 bridgehead atoms. The fourth-order valence-corrected chi connectivity index (χ4v) is 1.95. The molecule has 2 N–H and O–H groups in total. The smallest absolute Gasteiger partial charge is 0.270 e. The number of nitrogens with zero attached hydrogens (tertiary/aromatic N) is 1. The number of benzene rings is 2. The maximum Gasteiger partial charge on any atom is 0.270 e. The number of methoxy groups -OCH3 is 1. The number of nitrogens with one attached hydrogen (secondary N) is 1. The molecule has 1 amide bonds. The summed E-state index contributed by atoms with van der Waals surface area (Å²) in [6.07, 6.45) is 0. The molecule has 8 heteroatoms. The number of aromatic hydroxyl groups is 1. The van der Waals surface area contributed by atoms with Crippen molar-refractivity contribution in [1.82, 2.24) is 5.32 Å². The number of ether oxygens (including phenoxy) is 2. The van der Waals surface area contributed by atoms with E-state index < -0.39 is 10.8 Å². The van der Waals surface area contributed by atoms with Gasteiger partial charge in [-0.25, -0.2) is 0 Å². The van der Waals surface area contributed by atoms with E-state index in [1.165, 1.54) is 25.3 Å². The van der Waals surface area contributed by atoms with Crippen LogP contribution >= 0.6 is 0 Å². The minimum atomic E-state index is -0.574. The van der Waals surface area contributed by atoms with Gasteiger partial charge in [-0.2, -0.15) is 0 Å². The van der Waals surface area contributed by atoms with Gasteiger partial charge in [0.15, 0.2) is 18.1 Å². The Bertz CT molecular complexity index is 747. The molecule has 0 saturated carbocycles. The predicted molar refractivity (Wildman–Crippen MR) is 85.1 cm³/mol. The van der Waals surface area contributed by atoms with Crippen LogP contribution < -0.4 is 14.8 Å². The van der Waals surface area contributed by atoms with E-state index in [9.17, 15) is 20.0 Å². The second kappa shape index (κ2) is 7.82. The Balaban J connectivity index is 1.92.